The van der Waals surface area contributed by atoms with E-state index in [1.165, 1.54) is 28.8 Å². The van der Waals surface area contributed by atoms with Gasteiger partial charge in [0.1, 0.15) is 5.82 Å². The van der Waals surface area contributed by atoms with Crippen molar-refractivity contribution < 1.29 is 4.39 Å². The van der Waals surface area contributed by atoms with Crippen LogP contribution in [-0.2, 0) is 0 Å². The van der Waals surface area contributed by atoms with Gasteiger partial charge in [0.15, 0.2) is 5.11 Å². The smallest absolute Gasteiger partial charge is 0.171 e. The first-order valence-corrected chi connectivity index (χ1v) is 7.80. The molecule has 0 saturated carbocycles. The van der Waals surface area contributed by atoms with Crippen LogP contribution in [0.2, 0.25) is 0 Å². The van der Waals surface area contributed by atoms with Gasteiger partial charge in [-0.25, -0.2) is 4.39 Å². The second-order valence-electron chi connectivity index (χ2n) is 5.43. The molecule has 0 fully saturated rings. The van der Waals surface area contributed by atoms with E-state index in [4.69, 9.17) is 12.2 Å². The Balaban J connectivity index is 2.08. The van der Waals surface area contributed by atoms with E-state index in [1.54, 1.807) is 12.1 Å². The molecular weight excluding hydrogens is 295 g/mol. The topological polar surface area (TPSA) is 24.1 Å². The van der Waals surface area contributed by atoms with Crippen molar-refractivity contribution in [2.45, 2.75) is 33.2 Å². The lowest BCUT2D eigenvalue weighted by Gasteiger charge is -2.22. The lowest BCUT2D eigenvalue weighted by Crippen LogP contribution is -2.32. The molecule has 2 aromatic carbocycles. The summed E-state index contributed by atoms with van der Waals surface area (Å²) in [6.45, 7) is 6.30. The summed E-state index contributed by atoms with van der Waals surface area (Å²) >= 11 is 5.35. The lowest BCUT2D eigenvalue weighted by molar-refractivity contribution is 0.624. The van der Waals surface area contributed by atoms with E-state index in [0.717, 1.165) is 6.42 Å². The Morgan fingerprint density at radius 2 is 1.95 bits per heavy atom. The Morgan fingerprint density at radius 1 is 1.18 bits per heavy atom. The molecule has 0 bridgehead atoms. The van der Waals surface area contributed by atoms with Gasteiger partial charge in [-0.05, 0) is 61.8 Å². The number of hydrogen-bond donors (Lipinski definition) is 2. The molecule has 0 heterocycles. The van der Waals surface area contributed by atoms with Gasteiger partial charge in [-0.1, -0.05) is 36.8 Å². The van der Waals surface area contributed by atoms with Crippen LogP contribution in [0.15, 0.2) is 42.5 Å². The van der Waals surface area contributed by atoms with Crippen LogP contribution in [0, 0.1) is 19.7 Å². The summed E-state index contributed by atoms with van der Waals surface area (Å²) in [7, 11) is 0. The number of benzene rings is 2. The zero-order chi connectivity index (χ0) is 16.1. The number of rotatable bonds is 4. The SMILES string of the molecule is CC[C@@H](NC(=S)Nc1cccc(F)c1)c1ccc(C)cc1C. The van der Waals surface area contributed by atoms with E-state index in [0.29, 0.717) is 10.8 Å². The molecule has 2 aromatic rings. The zero-order valence-corrected chi connectivity index (χ0v) is 13.9. The van der Waals surface area contributed by atoms with E-state index >= 15 is 0 Å². The predicted molar refractivity (Wildman–Crippen MR) is 94.7 cm³/mol. The van der Waals surface area contributed by atoms with Crippen molar-refractivity contribution in [3.8, 4) is 0 Å². The Morgan fingerprint density at radius 3 is 2.59 bits per heavy atom. The standard InChI is InChI=1S/C18H21FN2S/c1-4-17(16-9-8-12(2)10-13(16)3)21-18(22)20-15-7-5-6-14(19)11-15/h5-11,17H,4H2,1-3H3,(H2,20,21,22)/t17-/m1/s1. The van der Waals surface area contributed by atoms with Crippen molar-refractivity contribution in [2.75, 3.05) is 5.32 Å². The minimum atomic E-state index is -0.283. The Kier molecular flexibility index (Phi) is 5.50. The van der Waals surface area contributed by atoms with Crippen molar-refractivity contribution in [2.24, 2.45) is 0 Å². The van der Waals surface area contributed by atoms with Gasteiger partial charge in [-0.15, -0.1) is 0 Å². The third-order valence-electron chi connectivity index (χ3n) is 3.60. The molecule has 0 aliphatic heterocycles. The monoisotopic (exact) mass is 316 g/mol. The molecule has 0 saturated heterocycles. The first-order chi connectivity index (χ1) is 10.5. The first-order valence-electron chi connectivity index (χ1n) is 7.40. The van der Waals surface area contributed by atoms with E-state index in [-0.39, 0.29) is 11.9 Å². The summed E-state index contributed by atoms with van der Waals surface area (Å²) in [5.74, 6) is -0.283. The fourth-order valence-corrected chi connectivity index (χ4v) is 2.77. The second kappa shape index (κ2) is 7.36. The maximum absolute atomic E-state index is 13.2. The third-order valence-corrected chi connectivity index (χ3v) is 3.82. The van der Waals surface area contributed by atoms with Crippen LogP contribution >= 0.6 is 12.2 Å². The molecule has 0 unspecified atom stereocenters. The maximum atomic E-state index is 13.2. The molecule has 4 heteroatoms. The van der Waals surface area contributed by atoms with Gasteiger partial charge in [0.25, 0.3) is 0 Å². The van der Waals surface area contributed by atoms with Crippen molar-refractivity contribution in [3.05, 3.63) is 65.0 Å². The molecule has 0 spiro atoms. The number of anilines is 1. The minimum absolute atomic E-state index is 0.133. The molecule has 0 aliphatic carbocycles. The number of hydrogen-bond acceptors (Lipinski definition) is 1. The zero-order valence-electron chi connectivity index (χ0n) is 13.1. The van der Waals surface area contributed by atoms with E-state index in [2.05, 4.69) is 49.6 Å². The molecular formula is C18H21FN2S. The minimum Gasteiger partial charge on any atom is -0.356 e. The summed E-state index contributed by atoms with van der Waals surface area (Å²) in [4.78, 5) is 0. The molecule has 0 aliphatic rings. The van der Waals surface area contributed by atoms with Crippen molar-refractivity contribution >= 4 is 23.0 Å². The van der Waals surface area contributed by atoms with Gasteiger partial charge in [0.05, 0.1) is 6.04 Å². The van der Waals surface area contributed by atoms with Gasteiger partial charge in [-0.2, -0.15) is 0 Å². The summed E-state index contributed by atoms with van der Waals surface area (Å²) in [6, 6.07) is 12.8. The average molecular weight is 316 g/mol. The van der Waals surface area contributed by atoms with Gasteiger partial charge < -0.3 is 10.6 Å². The summed E-state index contributed by atoms with van der Waals surface area (Å²) in [5.41, 5.74) is 4.37. The number of aryl methyl sites for hydroxylation is 2. The average Bonchev–Trinajstić information content (AvgIpc) is 2.45. The largest absolute Gasteiger partial charge is 0.356 e. The predicted octanol–water partition coefficient (Wildman–Crippen LogP) is 4.88. The third kappa shape index (κ3) is 4.28. The maximum Gasteiger partial charge on any atom is 0.171 e. The Bertz CT molecular complexity index is 670. The highest BCUT2D eigenvalue weighted by Crippen LogP contribution is 2.22. The van der Waals surface area contributed by atoms with Crippen LogP contribution in [0.25, 0.3) is 0 Å². The Labute approximate surface area is 136 Å². The van der Waals surface area contributed by atoms with Crippen LogP contribution in [-0.4, -0.2) is 5.11 Å². The van der Waals surface area contributed by atoms with Gasteiger partial charge in [-0.3, -0.25) is 0 Å². The number of nitrogens with one attached hydrogen (secondary N) is 2. The van der Waals surface area contributed by atoms with Crippen LogP contribution in [0.1, 0.15) is 36.1 Å². The van der Waals surface area contributed by atoms with E-state index in [1.807, 2.05) is 0 Å². The van der Waals surface area contributed by atoms with Gasteiger partial charge in [0.2, 0.25) is 0 Å². The van der Waals surface area contributed by atoms with Crippen molar-refractivity contribution in [1.29, 1.82) is 0 Å². The van der Waals surface area contributed by atoms with E-state index < -0.39 is 0 Å². The fraction of sp³-hybridized carbons (Fsp3) is 0.278. The summed E-state index contributed by atoms with van der Waals surface area (Å²) in [6.07, 6.45) is 0.912. The lowest BCUT2D eigenvalue weighted by atomic mass is 9.98. The molecule has 2 N–H and O–H groups in total. The first kappa shape index (κ1) is 16.4. The molecule has 1 atom stereocenters. The molecule has 0 aromatic heterocycles. The molecule has 116 valence electrons. The summed E-state index contributed by atoms with van der Waals surface area (Å²) in [5, 5.41) is 6.84. The number of halogens is 1. The summed E-state index contributed by atoms with van der Waals surface area (Å²) < 4.78 is 13.2. The molecule has 0 amide bonds. The number of thiocarbonyl (C=S) groups is 1. The Hall–Kier alpha value is -1.94. The quantitative estimate of drug-likeness (QED) is 0.786. The molecule has 2 nitrogen and oxygen atoms in total. The molecule has 0 radical (unpaired) electrons. The van der Waals surface area contributed by atoms with Crippen LogP contribution in [0.4, 0.5) is 10.1 Å². The van der Waals surface area contributed by atoms with Crippen LogP contribution in [0.5, 0.6) is 0 Å². The highest BCUT2D eigenvalue weighted by molar-refractivity contribution is 7.80. The fourth-order valence-electron chi connectivity index (χ4n) is 2.51. The normalized spacial score (nSPS) is 11.8. The van der Waals surface area contributed by atoms with Gasteiger partial charge in [0, 0.05) is 5.69 Å². The second-order valence-corrected chi connectivity index (χ2v) is 5.84. The van der Waals surface area contributed by atoms with Crippen molar-refractivity contribution in [1.82, 2.24) is 5.32 Å². The molecule has 22 heavy (non-hydrogen) atoms. The van der Waals surface area contributed by atoms with Crippen LogP contribution < -0.4 is 10.6 Å². The van der Waals surface area contributed by atoms with Crippen molar-refractivity contribution in [3.63, 3.8) is 0 Å². The highest BCUT2D eigenvalue weighted by atomic mass is 32.1. The van der Waals surface area contributed by atoms with Gasteiger partial charge >= 0.3 is 0 Å². The molecule has 2 rings (SSSR count). The van der Waals surface area contributed by atoms with E-state index in [9.17, 15) is 4.39 Å². The van der Waals surface area contributed by atoms with Crippen LogP contribution in [0.3, 0.4) is 0 Å². The highest BCUT2D eigenvalue weighted by Gasteiger charge is 2.13.